The fourth-order valence-electron chi connectivity index (χ4n) is 3.56. The summed E-state index contributed by atoms with van der Waals surface area (Å²) in [5.74, 6) is -1.87. The van der Waals surface area contributed by atoms with Crippen molar-refractivity contribution in [3.8, 4) is 0 Å². The number of ether oxygens (including phenoxy) is 1. The molecule has 7 heteroatoms. The first-order valence-electron chi connectivity index (χ1n) is 9.31. The Morgan fingerprint density at radius 2 is 1.81 bits per heavy atom. The summed E-state index contributed by atoms with van der Waals surface area (Å²) in [5, 5.41) is 5.28. The molecule has 2 amide bonds. The molecule has 0 radical (unpaired) electrons. The van der Waals surface area contributed by atoms with Crippen LogP contribution in [0, 0.1) is 11.7 Å². The maximum absolute atomic E-state index is 14.0. The second-order valence-electron chi connectivity index (χ2n) is 6.96. The summed E-state index contributed by atoms with van der Waals surface area (Å²) < 4.78 is 18.8. The highest BCUT2D eigenvalue weighted by atomic mass is 19.1. The molecule has 2 N–H and O–H groups in total. The lowest BCUT2D eigenvalue weighted by molar-refractivity contribution is -0.147. The van der Waals surface area contributed by atoms with Crippen LogP contribution in [0.4, 0.5) is 4.39 Å². The van der Waals surface area contributed by atoms with Crippen molar-refractivity contribution in [1.29, 1.82) is 0 Å². The number of rotatable bonds is 7. The Morgan fingerprint density at radius 1 is 1.15 bits per heavy atom. The Hall–Kier alpha value is -2.44. The Kier molecular flexibility index (Phi) is 7.76. The van der Waals surface area contributed by atoms with Gasteiger partial charge >= 0.3 is 5.97 Å². The maximum atomic E-state index is 14.0. The van der Waals surface area contributed by atoms with Gasteiger partial charge in [0.1, 0.15) is 17.9 Å². The zero-order valence-corrected chi connectivity index (χ0v) is 15.8. The van der Waals surface area contributed by atoms with Gasteiger partial charge in [-0.2, -0.15) is 0 Å². The van der Waals surface area contributed by atoms with Crippen LogP contribution in [0.25, 0.3) is 0 Å². The van der Waals surface area contributed by atoms with Gasteiger partial charge in [-0.15, -0.1) is 0 Å². The minimum atomic E-state index is -0.977. The molecule has 0 aliphatic heterocycles. The fourth-order valence-corrected chi connectivity index (χ4v) is 3.56. The van der Waals surface area contributed by atoms with Crippen LogP contribution in [0.2, 0.25) is 0 Å². The minimum Gasteiger partial charge on any atom is -0.467 e. The summed E-state index contributed by atoms with van der Waals surface area (Å²) in [7, 11) is 1.29. The van der Waals surface area contributed by atoms with Crippen LogP contribution in [-0.2, 0) is 25.5 Å². The molecule has 1 aliphatic rings. The molecule has 1 saturated carbocycles. The lowest BCUT2D eigenvalue weighted by atomic mass is 9.83. The molecule has 1 aliphatic carbocycles. The number of esters is 1. The van der Waals surface area contributed by atoms with Gasteiger partial charge in [0.2, 0.25) is 11.8 Å². The highest BCUT2D eigenvalue weighted by Crippen LogP contribution is 2.27. The Bertz CT molecular complexity index is 674. The average molecular weight is 378 g/mol. The van der Waals surface area contributed by atoms with Crippen LogP contribution < -0.4 is 10.6 Å². The highest BCUT2D eigenvalue weighted by molar-refractivity contribution is 5.90. The molecule has 2 atom stereocenters. The highest BCUT2D eigenvalue weighted by Gasteiger charge is 2.34. The Balaban J connectivity index is 2.15. The fraction of sp³-hybridized carbons (Fsp3) is 0.550. The van der Waals surface area contributed by atoms with Gasteiger partial charge in [-0.1, -0.05) is 37.5 Å². The summed E-state index contributed by atoms with van der Waals surface area (Å²) in [6.07, 6.45) is 4.77. The van der Waals surface area contributed by atoms with Crippen LogP contribution in [0.3, 0.4) is 0 Å². The van der Waals surface area contributed by atoms with Crippen molar-refractivity contribution in [2.75, 3.05) is 7.11 Å². The van der Waals surface area contributed by atoms with Gasteiger partial charge in [0.25, 0.3) is 0 Å². The van der Waals surface area contributed by atoms with Crippen molar-refractivity contribution >= 4 is 17.8 Å². The van der Waals surface area contributed by atoms with Gasteiger partial charge in [0.15, 0.2) is 0 Å². The molecule has 0 bridgehead atoms. The molecular weight excluding hydrogens is 351 g/mol. The summed E-state index contributed by atoms with van der Waals surface area (Å²) >= 11 is 0. The number of halogens is 1. The monoisotopic (exact) mass is 378 g/mol. The zero-order chi connectivity index (χ0) is 19.8. The zero-order valence-electron chi connectivity index (χ0n) is 15.8. The quantitative estimate of drug-likeness (QED) is 0.712. The average Bonchev–Trinajstić information content (AvgIpc) is 2.66. The summed E-state index contributed by atoms with van der Waals surface area (Å²) in [6, 6.07) is 4.35. The number of nitrogens with one attached hydrogen (secondary N) is 2. The molecule has 2 rings (SSSR count). The van der Waals surface area contributed by atoms with E-state index in [1.165, 1.54) is 20.1 Å². The number of carbonyl (C=O) groups excluding carboxylic acids is 3. The molecule has 0 aromatic heterocycles. The van der Waals surface area contributed by atoms with Crippen molar-refractivity contribution in [3.05, 3.63) is 35.6 Å². The second kappa shape index (κ2) is 10.0. The van der Waals surface area contributed by atoms with Crippen molar-refractivity contribution in [1.82, 2.24) is 10.6 Å². The van der Waals surface area contributed by atoms with Gasteiger partial charge in [-0.05, 0) is 30.4 Å². The van der Waals surface area contributed by atoms with Crippen LogP contribution in [-0.4, -0.2) is 37.0 Å². The van der Waals surface area contributed by atoms with Crippen molar-refractivity contribution < 1.29 is 23.5 Å². The molecule has 0 heterocycles. The molecule has 1 aromatic rings. The van der Waals surface area contributed by atoms with Crippen LogP contribution in [0.1, 0.15) is 44.6 Å². The number of hydrogen-bond acceptors (Lipinski definition) is 4. The first-order chi connectivity index (χ1) is 12.9. The largest absolute Gasteiger partial charge is 0.467 e. The molecule has 27 heavy (non-hydrogen) atoms. The van der Waals surface area contributed by atoms with E-state index in [2.05, 4.69) is 10.6 Å². The topological polar surface area (TPSA) is 84.5 Å². The summed E-state index contributed by atoms with van der Waals surface area (Å²) in [4.78, 5) is 36.6. The van der Waals surface area contributed by atoms with E-state index in [1.54, 1.807) is 18.2 Å². The predicted octanol–water partition coefficient (Wildman–Crippen LogP) is 2.11. The maximum Gasteiger partial charge on any atom is 0.328 e. The van der Waals surface area contributed by atoms with Crippen LogP contribution in [0.5, 0.6) is 0 Å². The normalized spacial score (nSPS) is 16.9. The lowest BCUT2D eigenvalue weighted by Gasteiger charge is -2.30. The van der Waals surface area contributed by atoms with E-state index in [1.807, 2.05) is 0 Å². The predicted molar refractivity (Wildman–Crippen MR) is 98.2 cm³/mol. The van der Waals surface area contributed by atoms with Crippen LogP contribution >= 0.6 is 0 Å². The van der Waals surface area contributed by atoms with E-state index in [0.717, 1.165) is 32.1 Å². The molecule has 0 saturated heterocycles. The van der Waals surface area contributed by atoms with Gasteiger partial charge in [0.05, 0.1) is 7.11 Å². The number of benzene rings is 1. The van der Waals surface area contributed by atoms with E-state index in [0.29, 0.717) is 5.56 Å². The van der Waals surface area contributed by atoms with E-state index < -0.39 is 35.7 Å². The number of methoxy groups -OCH3 is 1. The van der Waals surface area contributed by atoms with Gasteiger partial charge in [-0.25, -0.2) is 9.18 Å². The third-order valence-electron chi connectivity index (χ3n) is 4.95. The van der Waals surface area contributed by atoms with Gasteiger partial charge < -0.3 is 15.4 Å². The smallest absolute Gasteiger partial charge is 0.328 e. The van der Waals surface area contributed by atoms with Crippen molar-refractivity contribution in [3.63, 3.8) is 0 Å². The van der Waals surface area contributed by atoms with Gasteiger partial charge in [0, 0.05) is 13.3 Å². The van der Waals surface area contributed by atoms with Crippen molar-refractivity contribution in [2.45, 2.75) is 57.5 Å². The van der Waals surface area contributed by atoms with E-state index in [4.69, 9.17) is 4.74 Å². The molecule has 1 fully saturated rings. The minimum absolute atomic E-state index is 0.00147. The molecule has 148 valence electrons. The second-order valence-corrected chi connectivity index (χ2v) is 6.96. The molecular formula is C20H27FN2O4. The SMILES string of the molecule is COC(=O)[C@H](NC(=O)[C@@H](Cc1ccccc1F)NC(C)=O)C1CCCCC1. The summed E-state index contributed by atoms with van der Waals surface area (Å²) in [5.41, 5.74) is 0.318. The first kappa shape index (κ1) is 20.9. The van der Waals surface area contributed by atoms with E-state index >= 15 is 0 Å². The number of carbonyl (C=O) groups is 3. The third-order valence-corrected chi connectivity index (χ3v) is 4.95. The van der Waals surface area contributed by atoms with E-state index in [9.17, 15) is 18.8 Å². The molecule has 6 nitrogen and oxygen atoms in total. The first-order valence-corrected chi connectivity index (χ1v) is 9.31. The number of amides is 2. The van der Waals surface area contributed by atoms with E-state index in [-0.39, 0.29) is 12.3 Å². The van der Waals surface area contributed by atoms with Crippen molar-refractivity contribution in [2.24, 2.45) is 5.92 Å². The molecule has 1 aromatic carbocycles. The molecule has 0 unspecified atom stereocenters. The Labute approximate surface area is 158 Å². The Morgan fingerprint density at radius 3 is 2.41 bits per heavy atom. The number of hydrogen-bond donors (Lipinski definition) is 2. The summed E-state index contributed by atoms with van der Waals surface area (Å²) in [6.45, 7) is 1.29. The van der Waals surface area contributed by atoms with Crippen LogP contribution in [0.15, 0.2) is 24.3 Å². The third kappa shape index (κ3) is 6.05. The van der Waals surface area contributed by atoms with Gasteiger partial charge in [-0.3, -0.25) is 9.59 Å². The molecule has 0 spiro atoms. The lowest BCUT2D eigenvalue weighted by Crippen LogP contribution is -2.54. The standard InChI is InChI=1S/C20H27FN2O4/c1-13(24)22-17(12-15-10-6-7-11-16(15)21)19(25)23-18(20(26)27-2)14-8-4-3-5-9-14/h6-7,10-11,14,17-18H,3-5,8-9,12H2,1-2H3,(H,22,24)(H,23,25)/t17-,18-/m1/s1.